The van der Waals surface area contributed by atoms with Crippen LogP contribution in [0.1, 0.15) is 13.8 Å². The fourth-order valence-electron chi connectivity index (χ4n) is 0. The number of nitroso groups, excluding NO2 is 1. The second-order valence-electron chi connectivity index (χ2n) is 1.20. The van der Waals surface area contributed by atoms with Gasteiger partial charge < -0.3 is 0 Å². The van der Waals surface area contributed by atoms with E-state index in [4.69, 9.17) is 0 Å². The average Bonchev–Trinajstić information content (AvgIpc) is 1.38. The Kier molecular flexibility index (Phi) is 8.37. The van der Waals surface area contributed by atoms with Gasteiger partial charge in [-0.3, -0.25) is 0 Å². The summed E-state index contributed by atoms with van der Waals surface area (Å²) in [6, 6.07) is -0.0463. The summed E-state index contributed by atoms with van der Waals surface area (Å²) in [5.41, 5.74) is 0. The van der Waals surface area contributed by atoms with Gasteiger partial charge in [0.25, 0.3) is 0 Å². The first-order valence-electron chi connectivity index (χ1n) is 1.60. The first-order chi connectivity index (χ1) is 2.27. The van der Waals surface area contributed by atoms with Gasteiger partial charge in [-0.05, 0) is 13.8 Å². The molecule has 0 saturated carbocycles. The molecule has 0 aliphatic carbocycles. The Balaban J connectivity index is 0. The van der Waals surface area contributed by atoms with Crippen molar-refractivity contribution in [2.24, 2.45) is 5.18 Å². The topological polar surface area (TPSA) is 29.4 Å². The fourth-order valence-corrected chi connectivity index (χ4v) is 0. The van der Waals surface area contributed by atoms with Gasteiger partial charge in [0.2, 0.25) is 0 Å². The Labute approximate surface area is 50.9 Å². The van der Waals surface area contributed by atoms with E-state index in [9.17, 15) is 4.91 Å². The molecular weight excluding hydrogens is 252 g/mol. The summed E-state index contributed by atoms with van der Waals surface area (Å²) >= 11 is 0. The van der Waals surface area contributed by atoms with Gasteiger partial charge in [0.1, 0.15) is 0 Å². The maximum absolute atomic E-state index is 9.25. The zero-order valence-corrected chi connectivity index (χ0v) is 6.53. The van der Waals surface area contributed by atoms with E-state index in [-0.39, 0.29) is 26.5 Å². The standard InChI is InChI=1S/C3H7NO.Re/c1-3(2)4-5;/h3H,1-2H3;. The van der Waals surface area contributed by atoms with Gasteiger partial charge in [0.05, 0.1) is 6.04 Å². The second-order valence-corrected chi connectivity index (χ2v) is 1.20. The predicted molar refractivity (Wildman–Crippen MR) is 20.9 cm³/mol. The van der Waals surface area contributed by atoms with Crippen molar-refractivity contribution >= 4 is 0 Å². The van der Waals surface area contributed by atoms with Crippen molar-refractivity contribution in [1.82, 2.24) is 0 Å². The van der Waals surface area contributed by atoms with Gasteiger partial charge in [0.15, 0.2) is 0 Å². The summed E-state index contributed by atoms with van der Waals surface area (Å²) < 4.78 is 0. The average molecular weight is 259 g/mol. The molecule has 0 N–H and O–H groups in total. The smallest absolute Gasteiger partial charge is 0.0863 e. The van der Waals surface area contributed by atoms with E-state index >= 15 is 0 Å². The molecule has 0 bridgehead atoms. The van der Waals surface area contributed by atoms with Crippen LogP contribution < -0.4 is 0 Å². The van der Waals surface area contributed by atoms with Crippen LogP contribution in [0.15, 0.2) is 5.18 Å². The molecule has 0 rings (SSSR count). The second kappa shape index (κ2) is 5.26. The van der Waals surface area contributed by atoms with E-state index < -0.39 is 0 Å². The van der Waals surface area contributed by atoms with Gasteiger partial charge >= 0.3 is 0 Å². The number of hydrogen-bond donors (Lipinski definition) is 0. The number of rotatable bonds is 1. The van der Waals surface area contributed by atoms with E-state index in [1.165, 1.54) is 0 Å². The maximum atomic E-state index is 9.25. The van der Waals surface area contributed by atoms with E-state index in [2.05, 4.69) is 5.18 Å². The van der Waals surface area contributed by atoms with Crippen molar-refractivity contribution in [3.05, 3.63) is 4.91 Å². The minimum absolute atomic E-state index is 0. The molecule has 37 valence electrons. The fraction of sp³-hybridized carbons (Fsp3) is 1.00. The quantitative estimate of drug-likeness (QED) is 0.650. The largest absolute Gasteiger partial charge is 0.151 e. The molecule has 0 aliphatic rings. The van der Waals surface area contributed by atoms with Crippen molar-refractivity contribution in [2.75, 3.05) is 0 Å². The molecule has 1 radical (unpaired) electrons. The number of hydrogen-bond acceptors (Lipinski definition) is 2. The van der Waals surface area contributed by atoms with Gasteiger partial charge in [-0.15, -0.1) is 0 Å². The molecule has 3 heteroatoms. The van der Waals surface area contributed by atoms with Crippen LogP contribution in [0.2, 0.25) is 0 Å². The monoisotopic (exact) mass is 260 g/mol. The molecule has 0 atom stereocenters. The zero-order valence-electron chi connectivity index (χ0n) is 3.81. The van der Waals surface area contributed by atoms with Crippen molar-refractivity contribution in [2.45, 2.75) is 19.9 Å². The summed E-state index contributed by atoms with van der Waals surface area (Å²) in [7, 11) is 0. The number of nitrogens with zero attached hydrogens (tertiary/aromatic N) is 1. The van der Waals surface area contributed by atoms with Gasteiger partial charge in [-0.1, -0.05) is 5.18 Å². The molecule has 0 saturated heterocycles. The third kappa shape index (κ3) is 8.86. The Morgan fingerprint density at radius 1 is 1.50 bits per heavy atom. The van der Waals surface area contributed by atoms with Crippen molar-refractivity contribution in [3.8, 4) is 0 Å². The van der Waals surface area contributed by atoms with Gasteiger partial charge in [-0.25, -0.2) is 0 Å². The minimum Gasteiger partial charge on any atom is -0.151 e. The molecule has 0 amide bonds. The zero-order chi connectivity index (χ0) is 4.28. The normalized spacial score (nSPS) is 7.17. The molecule has 2 nitrogen and oxygen atoms in total. The molecule has 0 aromatic carbocycles. The van der Waals surface area contributed by atoms with Crippen LogP contribution >= 0.6 is 0 Å². The third-order valence-electron chi connectivity index (χ3n) is 0.211. The molecule has 0 heterocycles. The van der Waals surface area contributed by atoms with Gasteiger partial charge in [0, 0.05) is 20.4 Å². The summed E-state index contributed by atoms with van der Waals surface area (Å²) in [5.74, 6) is 0. The summed E-state index contributed by atoms with van der Waals surface area (Å²) in [6.45, 7) is 3.49. The van der Waals surface area contributed by atoms with E-state index in [1.54, 1.807) is 13.8 Å². The van der Waals surface area contributed by atoms with Crippen LogP contribution in [-0.4, -0.2) is 6.04 Å². The third-order valence-corrected chi connectivity index (χ3v) is 0.211. The predicted octanol–water partition coefficient (Wildman–Crippen LogP) is 1.16. The molecular formula is C3H7NORe. The molecule has 6 heavy (non-hydrogen) atoms. The Bertz CT molecular complexity index is 37.8. The summed E-state index contributed by atoms with van der Waals surface area (Å²) in [6.07, 6.45) is 0. The summed E-state index contributed by atoms with van der Waals surface area (Å²) in [5, 5.41) is 2.64. The molecule has 0 aromatic heterocycles. The van der Waals surface area contributed by atoms with Crippen molar-refractivity contribution < 1.29 is 20.4 Å². The Hall–Kier alpha value is 0.262. The van der Waals surface area contributed by atoms with E-state index in [1.807, 2.05) is 0 Å². The van der Waals surface area contributed by atoms with Crippen LogP contribution in [0.5, 0.6) is 0 Å². The SMILES string of the molecule is CC(C)N=O.[Re]. The molecule has 0 spiro atoms. The van der Waals surface area contributed by atoms with Crippen LogP contribution in [0.25, 0.3) is 0 Å². The van der Waals surface area contributed by atoms with Crippen LogP contribution in [0, 0.1) is 4.91 Å². The maximum Gasteiger partial charge on any atom is 0.0863 e. The molecule has 0 fully saturated rings. The Morgan fingerprint density at radius 2 is 1.67 bits per heavy atom. The minimum atomic E-state index is -0.0463. The van der Waals surface area contributed by atoms with Crippen molar-refractivity contribution in [3.63, 3.8) is 0 Å². The van der Waals surface area contributed by atoms with Crippen LogP contribution in [0.3, 0.4) is 0 Å². The van der Waals surface area contributed by atoms with Crippen LogP contribution in [-0.2, 0) is 20.4 Å². The first-order valence-corrected chi connectivity index (χ1v) is 1.60. The Morgan fingerprint density at radius 3 is 1.67 bits per heavy atom. The molecule has 0 aromatic rings. The molecule has 0 unspecified atom stereocenters. The van der Waals surface area contributed by atoms with E-state index in [0.29, 0.717) is 0 Å². The molecule has 0 aliphatic heterocycles. The summed E-state index contributed by atoms with van der Waals surface area (Å²) in [4.78, 5) is 9.25. The van der Waals surface area contributed by atoms with Crippen molar-refractivity contribution in [1.29, 1.82) is 0 Å². The van der Waals surface area contributed by atoms with Crippen LogP contribution in [0.4, 0.5) is 0 Å². The van der Waals surface area contributed by atoms with Gasteiger partial charge in [-0.2, -0.15) is 4.91 Å². The van der Waals surface area contributed by atoms with E-state index in [0.717, 1.165) is 0 Å². The first kappa shape index (κ1) is 9.55.